The molecule has 0 spiro atoms. The number of aliphatic hydroxyl groups excluding tert-OH is 1. The lowest BCUT2D eigenvalue weighted by Gasteiger charge is -2.10. The molecule has 0 radical (unpaired) electrons. The van der Waals surface area contributed by atoms with Crippen LogP contribution in [0.25, 0.3) is 17.5 Å². The van der Waals surface area contributed by atoms with E-state index in [1.54, 1.807) is 0 Å². The van der Waals surface area contributed by atoms with Gasteiger partial charge in [0, 0.05) is 11.6 Å². The Morgan fingerprint density at radius 1 is 1.32 bits per heavy atom. The maximum absolute atomic E-state index is 12.4. The van der Waals surface area contributed by atoms with E-state index in [2.05, 4.69) is 27.7 Å². The highest BCUT2D eigenvalue weighted by Gasteiger charge is 2.41. The van der Waals surface area contributed by atoms with Gasteiger partial charge in [-0.2, -0.15) is 13.2 Å². The number of hydrogen-bond donors (Lipinski definition) is 3. The molecule has 0 unspecified atom stereocenters. The number of halogens is 3. The van der Waals surface area contributed by atoms with Crippen LogP contribution in [0.4, 0.5) is 19.0 Å². The van der Waals surface area contributed by atoms with Gasteiger partial charge in [-0.05, 0) is 11.1 Å². The molecule has 0 amide bonds. The topological polar surface area (TPSA) is 106 Å². The maximum Gasteiger partial charge on any atom is 0.496 e. The van der Waals surface area contributed by atoms with Gasteiger partial charge in [0.15, 0.2) is 12.1 Å². The molecule has 0 aromatic carbocycles. The number of rotatable bonds is 3. The molecule has 0 saturated carbocycles. The van der Waals surface area contributed by atoms with Crippen LogP contribution >= 0.6 is 0 Å². The zero-order valence-corrected chi connectivity index (χ0v) is 11.0. The third kappa shape index (κ3) is 2.98. The molecule has 6 nitrogen and oxygen atoms in total. The number of nitrogens with zero attached hydrogens (tertiary/aromatic N) is 3. The summed E-state index contributed by atoms with van der Waals surface area (Å²) < 4.78 is 37.3. The minimum atomic E-state index is -4.59. The highest BCUT2D eigenvalue weighted by Crippen LogP contribution is 2.27. The molecule has 0 bridgehead atoms. The van der Waals surface area contributed by atoms with E-state index in [0.717, 1.165) is 12.1 Å². The Balaban J connectivity index is 2.51. The van der Waals surface area contributed by atoms with Crippen LogP contribution in [0.2, 0.25) is 0 Å². The van der Waals surface area contributed by atoms with Gasteiger partial charge in [-0.25, -0.2) is 9.97 Å². The van der Waals surface area contributed by atoms with Gasteiger partial charge in [0.2, 0.25) is 0 Å². The lowest BCUT2D eigenvalue weighted by molar-refractivity contribution is -0.359. The fourth-order valence-electron chi connectivity index (χ4n) is 1.67. The number of alkyl halides is 3. The maximum atomic E-state index is 12.4. The third-order valence-corrected chi connectivity index (χ3v) is 2.69. The van der Waals surface area contributed by atoms with E-state index in [0.29, 0.717) is 0 Å². The first-order valence-corrected chi connectivity index (χ1v) is 5.86. The fraction of sp³-hybridized carbons (Fsp3) is 0.154. The Morgan fingerprint density at radius 3 is 2.45 bits per heavy atom. The standard InChI is InChI=1S/C13H10F3N4O2/c1-2-7-9(12(21)22)19-11(20-10(7)17)6-3-4-8(18-5-6)13(14,15)16/h2-4,12,21-22H,1H2,(H2,17,19,20)/q+1. The summed E-state index contributed by atoms with van der Waals surface area (Å²) >= 11 is 0. The van der Waals surface area contributed by atoms with Crippen molar-refractivity contribution in [2.24, 2.45) is 0 Å². The Labute approximate surface area is 122 Å². The first-order valence-electron chi connectivity index (χ1n) is 5.86. The van der Waals surface area contributed by atoms with Crippen LogP contribution in [-0.4, -0.2) is 20.2 Å². The number of nitrogens with two attached hydrogens (primary N) is 1. The van der Waals surface area contributed by atoms with Gasteiger partial charge < -0.3 is 15.9 Å². The number of hydrogen-bond acceptors (Lipinski definition) is 5. The van der Waals surface area contributed by atoms with Gasteiger partial charge in [0.1, 0.15) is 17.1 Å². The number of aromatic nitrogens is 3. The number of anilines is 1. The second-order valence-electron chi connectivity index (χ2n) is 4.16. The van der Waals surface area contributed by atoms with E-state index < -0.39 is 18.2 Å². The SMILES string of the molecule is C=Cc1c(N)nc(-c2c#[n+]c(C(F)(F)F)cc2)nc1C(O)O. The molecule has 0 aliphatic heterocycles. The van der Waals surface area contributed by atoms with Crippen LogP contribution in [0, 0.1) is 6.20 Å². The van der Waals surface area contributed by atoms with Crippen molar-refractivity contribution in [2.45, 2.75) is 12.5 Å². The summed E-state index contributed by atoms with van der Waals surface area (Å²) in [5.41, 5.74) is 4.46. The van der Waals surface area contributed by atoms with Crippen molar-refractivity contribution in [1.29, 1.82) is 0 Å². The summed E-state index contributed by atoms with van der Waals surface area (Å²) in [5.74, 6) is -0.233. The highest BCUT2D eigenvalue weighted by molar-refractivity contribution is 5.65. The van der Waals surface area contributed by atoms with Gasteiger partial charge in [0.05, 0.1) is 0 Å². The second-order valence-corrected chi connectivity index (χ2v) is 4.16. The summed E-state index contributed by atoms with van der Waals surface area (Å²) in [6.07, 6.45) is -3.14. The van der Waals surface area contributed by atoms with Crippen molar-refractivity contribution < 1.29 is 28.4 Å². The number of aliphatic hydroxyl groups is 2. The molecular weight excluding hydrogens is 301 g/mol. The fourth-order valence-corrected chi connectivity index (χ4v) is 1.67. The van der Waals surface area contributed by atoms with E-state index in [9.17, 15) is 23.4 Å². The van der Waals surface area contributed by atoms with Crippen LogP contribution in [0.5, 0.6) is 0 Å². The van der Waals surface area contributed by atoms with Crippen molar-refractivity contribution in [3.63, 3.8) is 0 Å². The average molecular weight is 311 g/mol. The molecule has 2 aromatic rings. The molecule has 0 aliphatic rings. The Kier molecular flexibility index (Phi) is 3.99. The van der Waals surface area contributed by atoms with Crippen LogP contribution in [0.3, 0.4) is 0 Å². The molecule has 0 fully saturated rings. The molecule has 2 rings (SSSR count). The highest BCUT2D eigenvalue weighted by atomic mass is 19.4. The molecule has 114 valence electrons. The molecule has 0 saturated heterocycles. The van der Waals surface area contributed by atoms with Gasteiger partial charge in [-0.1, -0.05) is 12.7 Å². The van der Waals surface area contributed by atoms with Gasteiger partial charge >= 0.3 is 18.1 Å². The molecule has 4 N–H and O–H groups in total. The predicted octanol–water partition coefficient (Wildman–Crippen LogP) is 0.771. The zero-order valence-electron chi connectivity index (χ0n) is 11.0. The van der Waals surface area contributed by atoms with Crippen LogP contribution in [0.1, 0.15) is 23.2 Å². The Bertz CT molecular complexity index is 700. The lowest BCUT2D eigenvalue weighted by atomic mass is 10.1. The van der Waals surface area contributed by atoms with E-state index >= 15 is 0 Å². The summed E-state index contributed by atoms with van der Waals surface area (Å²) in [6.45, 7) is 3.45. The van der Waals surface area contributed by atoms with E-state index in [-0.39, 0.29) is 28.5 Å². The number of nitrogen functional groups attached to an aromatic ring is 1. The van der Waals surface area contributed by atoms with Crippen molar-refractivity contribution in [3.05, 3.63) is 41.9 Å². The Hall–Kier alpha value is -2.70. The smallest absolute Gasteiger partial charge is 0.383 e. The van der Waals surface area contributed by atoms with Gasteiger partial charge in [0.25, 0.3) is 0 Å². The van der Waals surface area contributed by atoms with Crippen molar-refractivity contribution in [1.82, 2.24) is 9.97 Å². The van der Waals surface area contributed by atoms with Crippen LogP contribution in [0.15, 0.2) is 18.7 Å². The zero-order chi connectivity index (χ0) is 16.5. The molecule has 22 heavy (non-hydrogen) atoms. The molecule has 9 heteroatoms. The van der Waals surface area contributed by atoms with Gasteiger partial charge in [-0.3, -0.25) is 0 Å². The summed E-state index contributed by atoms with van der Waals surface area (Å²) in [6, 6.07) is 1.80. The second kappa shape index (κ2) is 5.59. The van der Waals surface area contributed by atoms with Crippen molar-refractivity contribution in [3.8, 4) is 11.4 Å². The van der Waals surface area contributed by atoms with Crippen molar-refractivity contribution in [2.75, 3.05) is 5.73 Å². The Morgan fingerprint density at radius 2 is 2.00 bits per heavy atom. The van der Waals surface area contributed by atoms with E-state index in [1.165, 1.54) is 6.08 Å². The van der Waals surface area contributed by atoms with Crippen molar-refractivity contribution >= 4 is 11.9 Å². The molecule has 2 aromatic heterocycles. The monoisotopic (exact) mass is 311 g/mol. The average Bonchev–Trinajstić information content (AvgIpc) is 2.45. The molecule has 2 heterocycles. The van der Waals surface area contributed by atoms with Crippen LogP contribution < -0.4 is 10.7 Å². The first-order chi connectivity index (χ1) is 10.2. The summed E-state index contributed by atoms with van der Waals surface area (Å²) in [7, 11) is 0. The van der Waals surface area contributed by atoms with Gasteiger partial charge in [-0.15, -0.1) is 0 Å². The first kappa shape index (κ1) is 15.7. The summed E-state index contributed by atoms with van der Waals surface area (Å²) in [4.78, 5) is 10.9. The predicted molar refractivity (Wildman–Crippen MR) is 68.6 cm³/mol. The van der Waals surface area contributed by atoms with E-state index in [1.807, 2.05) is 0 Å². The minimum absolute atomic E-state index is 0.0252. The normalized spacial score (nSPS) is 11.4. The minimum Gasteiger partial charge on any atom is -0.383 e. The molecule has 0 aliphatic carbocycles. The quantitative estimate of drug-likeness (QED) is 0.723. The molecular formula is C13H10F3N4O2+. The van der Waals surface area contributed by atoms with E-state index in [4.69, 9.17) is 5.73 Å². The van der Waals surface area contributed by atoms with Crippen LogP contribution in [-0.2, 0) is 6.18 Å². The third-order valence-electron chi connectivity index (χ3n) is 2.69. The lowest BCUT2D eigenvalue weighted by Crippen LogP contribution is -2.16. The molecule has 0 atom stereocenters. The largest absolute Gasteiger partial charge is 0.496 e. The summed E-state index contributed by atoms with van der Waals surface area (Å²) in [5, 5.41) is 18.5.